The minimum absolute atomic E-state index is 0.0527. The van der Waals surface area contributed by atoms with Gasteiger partial charge in [0.05, 0.1) is 0 Å². The van der Waals surface area contributed by atoms with E-state index in [2.05, 4.69) is 10.3 Å². The van der Waals surface area contributed by atoms with Gasteiger partial charge in [0, 0.05) is 13.3 Å². The average Bonchev–Trinajstić information content (AvgIpc) is 1.96. The molecule has 0 aliphatic rings. The summed E-state index contributed by atoms with van der Waals surface area (Å²) in [5, 5.41) is 0. The number of rotatable bonds is 5. The Balaban J connectivity index is 3.39. The maximum absolute atomic E-state index is 10.5. The van der Waals surface area contributed by atoms with Crippen LogP contribution in [0, 0.1) is 0 Å². The lowest BCUT2D eigenvalue weighted by atomic mass is 10.2. The van der Waals surface area contributed by atoms with E-state index >= 15 is 0 Å². The summed E-state index contributed by atoms with van der Waals surface area (Å²) in [5.74, 6) is -0.259. The van der Waals surface area contributed by atoms with Crippen LogP contribution in [0.4, 0.5) is 0 Å². The van der Waals surface area contributed by atoms with E-state index in [1.54, 1.807) is 0 Å². The Kier molecular flexibility index (Phi) is 5.23. The Labute approximate surface area is 71.2 Å². The van der Waals surface area contributed by atoms with Crippen molar-refractivity contribution in [1.29, 1.82) is 0 Å². The maximum Gasteiger partial charge on any atom is 0.240 e. The molecule has 3 N–H and O–H groups in total. The summed E-state index contributed by atoms with van der Waals surface area (Å²) >= 11 is 0. The molecule has 0 fully saturated rings. The highest BCUT2D eigenvalue weighted by Crippen LogP contribution is 1.94. The Morgan fingerprint density at radius 2 is 2.08 bits per heavy atom. The molecule has 5 nitrogen and oxygen atoms in total. The van der Waals surface area contributed by atoms with Gasteiger partial charge in [0.25, 0.3) is 0 Å². The van der Waals surface area contributed by atoms with E-state index in [1.807, 2.05) is 0 Å². The van der Waals surface area contributed by atoms with Gasteiger partial charge in [-0.3, -0.25) is 9.63 Å². The van der Waals surface area contributed by atoms with Crippen LogP contribution in [-0.4, -0.2) is 17.9 Å². The van der Waals surface area contributed by atoms with Gasteiger partial charge in [0.1, 0.15) is 12.0 Å². The number of nitrogens with two attached hydrogens (primary N) is 1. The molecule has 0 aromatic heterocycles. The van der Waals surface area contributed by atoms with Crippen molar-refractivity contribution in [3.63, 3.8) is 0 Å². The second-order valence-electron chi connectivity index (χ2n) is 2.56. The number of carbonyl (C=O) groups excluding carboxylic acids is 2. The fraction of sp³-hybridized carbons (Fsp3) is 0.714. The van der Waals surface area contributed by atoms with Gasteiger partial charge in [-0.05, 0) is 13.3 Å². The quantitative estimate of drug-likeness (QED) is 0.443. The first kappa shape index (κ1) is 11.1. The molecule has 0 aliphatic carbocycles. The standard InChI is InChI=1S/C7H14N2O3/c1-5(10)3-4-7(8)12-9-6(2)11/h7H,3-4,8H2,1-2H3,(H,9,11). The van der Waals surface area contributed by atoms with E-state index in [0.29, 0.717) is 12.8 Å². The molecule has 0 bridgehead atoms. The Morgan fingerprint density at radius 1 is 1.50 bits per heavy atom. The van der Waals surface area contributed by atoms with Gasteiger partial charge >= 0.3 is 0 Å². The largest absolute Gasteiger partial charge is 0.304 e. The molecule has 0 radical (unpaired) electrons. The van der Waals surface area contributed by atoms with Crippen LogP contribution in [0.5, 0.6) is 0 Å². The predicted molar refractivity (Wildman–Crippen MR) is 42.8 cm³/mol. The summed E-state index contributed by atoms with van der Waals surface area (Å²) in [6.07, 6.45) is 0.161. The first-order valence-corrected chi connectivity index (χ1v) is 3.69. The molecule has 0 rings (SSSR count). The third kappa shape index (κ3) is 7.17. The third-order valence-corrected chi connectivity index (χ3v) is 1.13. The molecule has 0 aliphatic heterocycles. The van der Waals surface area contributed by atoms with E-state index in [9.17, 15) is 9.59 Å². The van der Waals surface area contributed by atoms with Crippen LogP contribution in [0.2, 0.25) is 0 Å². The number of amides is 1. The van der Waals surface area contributed by atoms with Crippen LogP contribution in [-0.2, 0) is 14.4 Å². The lowest BCUT2D eigenvalue weighted by molar-refractivity contribution is -0.136. The van der Waals surface area contributed by atoms with Gasteiger partial charge in [0.2, 0.25) is 5.91 Å². The van der Waals surface area contributed by atoms with E-state index in [1.165, 1.54) is 13.8 Å². The molecule has 0 aromatic carbocycles. The first-order valence-electron chi connectivity index (χ1n) is 3.69. The molecule has 1 amide bonds. The second kappa shape index (κ2) is 5.68. The van der Waals surface area contributed by atoms with E-state index < -0.39 is 6.23 Å². The van der Waals surface area contributed by atoms with Crippen LogP contribution < -0.4 is 11.2 Å². The van der Waals surface area contributed by atoms with Crippen molar-refractivity contribution in [2.75, 3.05) is 0 Å². The predicted octanol–water partition coefficient (Wildman–Crippen LogP) is -0.292. The molecule has 1 unspecified atom stereocenters. The molecule has 0 saturated heterocycles. The number of Topliss-reactive ketones (excluding diaryl/α,β-unsaturated/α-hetero) is 1. The molecule has 0 spiro atoms. The SMILES string of the molecule is CC(=O)CCC(N)ONC(C)=O. The molecular formula is C7H14N2O3. The number of hydroxylamine groups is 1. The Hall–Kier alpha value is -0.940. The zero-order valence-corrected chi connectivity index (χ0v) is 7.29. The van der Waals surface area contributed by atoms with Crippen LogP contribution in [0.1, 0.15) is 26.7 Å². The number of hydrogen-bond donors (Lipinski definition) is 2. The average molecular weight is 174 g/mol. The third-order valence-electron chi connectivity index (χ3n) is 1.13. The number of nitrogens with one attached hydrogen (secondary N) is 1. The summed E-state index contributed by atoms with van der Waals surface area (Å²) in [7, 11) is 0. The van der Waals surface area contributed by atoms with Gasteiger partial charge in [0.15, 0.2) is 0 Å². The molecule has 0 saturated carbocycles. The van der Waals surface area contributed by atoms with Crippen molar-refractivity contribution >= 4 is 11.7 Å². The second-order valence-corrected chi connectivity index (χ2v) is 2.56. The highest BCUT2D eigenvalue weighted by molar-refractivity contribution is 5.75. The number of hydrogen-bond acceptors (Lipinski definition) is 4. The summed E-state index contributed by atoms with van der Waals surface area (Å²) in [5.41, 5.74) is 7.47. The van der Waals surface area contributed by atoms with Gasteiger partial charge in [-0.25, -0.2) is 5.48 Å². The topological polar surface area (TPSA) is 81.4 Å². The Morgan fingerprint density at radius 3 is 2.50 bits per heavy atom. The van der Waals surface area contributed by atoms with E-state index in [0.717, 1.165) is 0 Å². The monoisotopic (exact) mass is 174 g/mol. The van der Waals surface area contributed by atoms with Crippen LogP contribution in [0.25, 0.3) is 0 Å². The van der Waals surface area contributed by atoms with Gasteiger partial charge in [-0.2, -0.15) is 0 Å². The maximum atomic E-state index is 10.5. The normalized spacial score (nSPS) is 12.2. The lowest BCUT2D eigenvalue weighted by Crippen LogP contribution is -2.33. The number of carbonyl (C=O) groups is 2. The lowest BCUT2D eigenvalue weighted by Gasteiger charge is -2.10. The summed E-state index contributed by atoms with van der Waals surface area (Å²) in [6.45, 7) is 2.79. The minimum Gasteiger partial charge on any atom is -0.304 e. The fourth-order valence-electron chi connectivity index (χ4n) is 0.563. The summed E-state index contributed by atoms with van der Waals surface area (Å²) in [6, 6.07) is 0. The minimum atomic E-state index is -0.613. The van der Waals surface area contributed by atoms with Crippen molar-refractivity contribution in [2.45, 2.75) is 32.9 Å². The van der Waals surface area contributed by atoms with E-state index in [-0.39, 0.29) is 11.7 Å². The van der Waals surface area contributed by atoms with Crippen molar-refractivity contribution in [2.24, 2.45) is 5.73 Å². The van der Waals surface area contributed by atoms with Crippen molar-refractivity contribution in [1.82, 2.24) is 5.48 Å². The van der Waals surface area contributed by atoms with Crippen LogP contribution >= 0.6 is 0 Å². The van der Waals surface area contributed by atoms with Gasteiger partial charge < -0.3 is 10.5 Å². The fourth-order valence-corrected chi connectivity index (χ4v) is 0.563. The van der Waals surface area contributed by atoms with Gasteiger partial charge in [-0.1, -0.05) is 0 Å². The van der Waals surface area contributed by atoms with Crippen molar-refractivity contribution in [3.8, 4) is 0 Å². The van der Waals surface area contributed by atoms with Gasteiger partial charge in [-0.15, -0.1) is 0 Å². The van der Waals surface area contributed by atoms with Crippen molar-refractivity contribution < 1.29 is 14.4 Å². The highest BCUT2D eigenvalue weighted by atomic mass is 16.7. The highest BCUT2D eigenvalue weighted by Gasteiger charge is 2.04. The molecule has 0 heterocycles. The van der Waals surface area contributed by atoms with E-state index in [4.69, 9.17) is 5.73 Å². The first-order chi connectivity index (χ1) is 5.52. The van der Waals surface area contributed by atoms with Crippen LogP contribution in [0.15, 0.2) is 0 Å². The Bertz CT molecular complexity index is 152. The smallest absolute Gasteiger partial charge is 0.240 e. The zero-order chi connectivity index (χ0) is 9.56. The summed E-state index contributed by atoms with van der Waals surface area (Å²) < 4.78 is 0. The zero-order valence-electron chi connectivity index (χ0n) is 7.29. The number of ketones is 1. The van der Waals surface area contributed by atoms with Crippen LogP contribution in [0.3, 0.4) is 0 Å². The molecule has 70 valence electrons. The summed E-state index contributed by atoms with van der Waals surface area (Å²) in [4.78, 5) is 25.5. The molecule has 5 heteroatoms. The molecule has 0 aromatic rings. The molecule has 1 atom stereocenters. The molecular weight excluding hydrogens is 160 g/mol. The van der Waals surface area contributed by atoms with Crippen molar-refractivity contribution in [3.05, 3.63) is 0 Å². The molecule has 12 heavy (non-hydrogen) atoms.